The number of aromatic nitrogens is 3. The van der Waals surface area contributed by atoms with E-state index in [2.05, 4.69) is 22.3 Å². The van der Waals surface area contributed by atoms with Gasteiger partial charge >= 0.3 is 0 Å². The zero-order chi connectivity index (χ0) is 6.97. The molecule has 1 aliphatic rings. The summed E-state index contributed by atoms with van der Waals surface area (Å²) >= 11 is 0. The molecule has 0 unspecified atom stereocenters. The predicted octanol–water partition coefficient (Wildman–Crippen LogP) is -0.0577. The van der Waals surface area contributed by atoms with Crippen molar-refractivity contribution in [2.24, 2.45) is 0 Å². The van der Waals surface area contributed by atoms with Crippen molar-refractivity contribution in [3.63, 3.8) is 0 Å². The van der Waals surface area contributed by atoms with Crippen molar-refractivity contribution in [2.45, 2.75) is 19.5 Å². The fourth-order valence-electron chi connectivity index (χ4n) is 1.26. The molecule has 0 saturated heterocycles. The maximum atomic E-state index is 4.13. The van der Waals surface area contributed by atoms with Gasteiger partial charge in [0.15, 0.2) is 0 Å². The first-order valence-electron chi connectivity index (χ1n) is 3.49. The van der Waals surface area contributed by atoms with Crippen LogP contribution in [-0.2, 0) is 6.54 Å². The van der Waals surface area contributed by atoms with Gasteiger partial charge in [-0.1, -0.05) is 0 Å². The largest absolute Gasteiger partial charge is 0.306 e. The van der Waals surface area contributed by atoms with Gasteiger partial charge in [-0.15, -0.1) is 0 Å². The smallest absolute Gasteiger partial charge is 0.143 e. The Labute approximate surface area is 59.3 Å². The van der Waals surface area contributed by atoms with Crippen LogP contribution in [0.3, 0.4) is 0 Å². The van der Waals surface area contributed by atoms with Gasteiger partial charge in [0.05, 0.1) is 12.6 Å². The van der Waals surface area contributed by atoms with Crippen molar-refractivity contribution >= 4 is 0 Å². The first-order chi connectivity index (χ1) is 4.88. The normalized spacial score (nSPS) is 24.3. The minimum Gasteiger partial charge on any atom is -0.306 e. The second-order valence-corrected chi connectivity index (χ2v) is 2.52. The Morgan fingerprint density at radius 3 is 3.50 bits per heavy atom. The van der Waals surface area contributed by atoms with E-state index in [0.29, 0.717) is 6.04 Å². The SMILES string of the molecule is C[C@H]1NCCn2ncnc21. The van der Waals surface area contributed by atoms with Gasteiger partial charge in [0.25, 0.3) is 0 Å². The number of rotatable bonds is 0. The third kappa shape index (κ3) is 0.724. The van der Waals surface area contributed by atoms with Crippen LogP contribution in [-0.4, -0.2) is 21.3 Å². The van der Waals surface area contributed by atoms with Crippen LogP contribution in [0.4, 0.5) is 0 Å². The summed E-state index contributed by atoms with van der Waals surface area (Å²) in [5.41, 5.74) is 0. The highest BCUT2D eigenvalue weighted by Gasteiger charge is 2.16. The predicted molar refractivity (Wildman–Crippen MR) is 36.4 cm³/mol. The number of hydrogen-bond acceptors (Lipinski definition) is 3. The van der Waals surface area contributed by atoms with E-state index in [1.54, 1.807) is 6.33 Å². The van der Waals surface area contributed by atoms with Gasteiger partial charge < -0.3 is 5.32 Å². The van der Waals surface area contributed by atoms with Crippen LogP contribution in [0, 0.1) is 0 Å². The van der Waals surface area contributed by atoms with E-state index in [0.717, 1.165) is 18.9 Å². The van der Waals surface area contributed by atoms with E-state index >= 15 is 0 Å². The van der Waals surface area contributed by atoms with Gasteiger partial charge in [0.2, 0.25) is 0 Å². The van der Waals surface area contributed by atoms with Gasteiger partial charge in [-0.05, 0) is 6.92 Å². The summed E-state index contributed by atoms with van der Waals surface area (Å²) in [5.74, 6) is 1.05. The summed E-state index contributed by atoms with van der Waals surface area (Å²) in [7, 11) is 0. The third-order valence-electron chi connectivity index (χ3n) is 1.81. The Morgan fingerprint density at radius 2 is 2.70 bits per heavy atom. The summed E-state index contributed by atoms with van der Waals surface area (Å²) in [6.07, 6.45) is 1.61. The molecule has 0 fully saturated rings. The van der Waals surface area contributed by atoms with Gasteiger partial charge in [0, 0.05) is 6.54 Å². The van der Waals surface area contributed by atoms with E-state index in [1.165, 1.54) is 0 Å². The minimum atomic E-state index is 0.358. The molecule has 1 aliphatic heterocycles. The topological polar surface area (TPSA) is 42.7 Å². The molecule has 0 spiro atoms. The number of hydrogen-bond donors (Lipinski definition) is 1. The molecule has 2 heterocycles. The number of nitrogens with one attached hydrogen (secondary N) is 1. The first kappa shape index (κ1) is 5.85. The molecule has 1 aromatic rings. The van der Waals surface area contributed by atoms with E-state index in [-0.39, 0.29) is 0 Å². The molecule has 0 amide bonds. The lowest BCUT2D eigenvalue weighted by Crippen LogP contribution is -2.32. The lowest BCUT2D eigenvalue weighted by molar-refractivity contribution is 0.411. The van der Waals surface area contributed by atoms with E-state index < -0.39 is 0 Å². The van der Waals surface area contributed by atoms with Crippen molar-refractivity contribution in [3.05, 3.63) is 12.2 Å². The number of fused-ring (bicyclic) bond motifs is 1. The zero-order valence-electron chi connectivity index (χ0n) is 5.91. The van der Waals surface area contributed by atoms with Crippen molar-refractivity contribution < 1.29 is 0 Å². The average Bonchev–Trinajstić information content (AvgIpc) is 2.36. The minimum absolute atomic E-state index is 0.358. The van der Waals surface area contributed by atoms with E-state index in [9.17, 15) is 0 Å². The van der Waals surface area contributed by atoms with Crippen molar-refractivity contribution in [1.82, 2.24) is 20.1 Å². The van der Waals surface area contributed by atoms with Crippen LogP contribution in [0.1, 0.15) is 18.8 Å². The van der Waals surface area contributed by atoms with Crippen LogP contribution in [0.15, 0.2) is 6.33 Å². The third-order valence-corrected chi connectivity index (χ3v) is 1.81. The first-order valence-corrected chi connectivity index (χ1v) is 3.49. The zero-order valence-corrected chi connectivity index (χ0v) is 5.91. The van der Waals surface area contributed by atoms with Gasteiger partial charge in [-0.25, -0.2) is 9.67 Å². The maximum Gasteiger partial charge on any atom is 0.143 e. The second kappa shape index (κ2) is 2.05. The molecule has 10 heavy (non-hydrogen) atoms. The highest BCUT2D eigenvalue weighted by Crippen LogP contribution is 2.10. The van der Waals surface area contributed by atoms with Crippen LogP contribution in [0.2, 0.25) is 0 Å². The van der Waals surface area contributed by atoms with Crippen molar-refractivity contribution in [2.75, 3.05) is 6.54 Å². The highest BCUT2D eigenvalue weighted by atomic mass is 15.4. The van der Waals surface area contributed by atoms with Crippen molar-refractivity contribution in [3.8, 4) is 0 Å². The average molecular weight is 138 g/mol. The summed E-state index contributed by atoms with van der Waals surface area (Å²) in [6.45, 7) is 4.04. The molecule has 1 aromatic heterocycles. The van der Waals surface area contributed by atoms with Crippen LogP contribution in [0.25, 0.3) is 0 Å². The molecule has 54 valence electrons. The maximum absolute atomic E-state index is 4.13. The standard InChI is InChI=1S/C6H10N4/c1-5-6-8-4-9-10(6)3-2-7-5/h4-5,7H,2-3H2,1H3/t5-/m1/s1. The van der Waals surface area contributed by atoms with Gasteiger partial charge in [-0.3, -0.25) is 0 Å². The molecular weight excluding hydrogens is 128 g/mol. The fourth-order valence-corrected chi connectivity index (χ4v) is 1.26. The summed E-state index contributed by atoms with van der Waals surface area (Å²) in [6, 6.07) is 0.358. The Kier molecular flexibility index (Phi) is 1.20. The molecule has 4 heteroatoms. The lowest BCUT2D eigenvalue weighted by Gasteiger charge is -2.19. The molecule has 1 atom stereocenters. The van der Waals surface area contributed by atoms with Crippen LogP contribution in [0.5, 0.6) is 0 Å². The van der Waals surface area contributed by atoms with Crippen molar-refractivity contribution in [1.29, 1.82) is 0 Å². The second-order valence-electron chi connectivity index (χ2n) is 2.52. The molecular formula is C6H10N4. The van der Waals surface area contributed by atoms with Crippen LogP contribution < -0.4 is 5.32 Å². The molecule has 1 N–H and O–H groups in total. The van der Waals surface area contributed by atoms with E-state index in [4.69, 9.17) is 0 Å². The lowest BCUT2D eigenvalue weighted by atomic mass is 10.3. The van der Waals surface area contributed by atoms with Gasteiger partial charge in [-0.2, -0.15) is 5.10 Å². The summed E-state index contributed by atoms with van der Waals surface area (Å²) < 4.78 is 1.95. The Bertz CT molecular complexity index is 229. The highest BCUT2D eigenvalue weighted by molar-refractivity contribution is 4.94. The molecule has 0 bridgehead atoms. The molecule has 4 nitrogen and oxygen atoms in total. The molecule has 0 radical (unpaired) electrons. The fraction of sp³-hybridized carbons (Fsp3) is 0.667. The summed E-state index contributed by atoms with van der Waals surface area (Å²) in [5, 5.41) is 7.37. The number of nitrogens with zero attached hydrogens (tertiary/aromatic N) is 3. The Balaban J connectivity index is 2.41. The quantitative estimate of drug-likeness (QED) is 0.546. The van der Waals surface area contributed by atoms with Crippen LogP contribution >= 0.6 is 0 Å². The van der Waals surface area contributed by atoms with Gasteiger partial charge in [0.1, 0.15) is 12.2 Å². The molecule has 2 rings (SSSR count). The Morgan fingerprint density at radius 1 is 1.80 bits per heavy atom. The van der Waals surface area contributed by atoms with E-state index in [1.807, 2.05) is 4.68 Å². The monoisotopic (exact) mass is 138 g/mol. The molecule has 0 aliphatic carbocycles. The molecule has 0 saturated carbocycles. The summed E-state index contributed by atoms with van der Waals surface area (Å²) in [4.78, 5) is 4.13. The molecule has 0 aromatic carbocycles. The Hall–Kier alpha value is -0.900.